The molecule has 1 N–H and O–H groups in total. The molecule has 1 heterocycles. The van der Waals surface area contributed by atoms with Crippen molar-refractivity contribution < 1.29 is 44.3 Å². The summed E-state index contributed by atoms with van der Waals surface area (Å²) in [5.74, 6) is 0. The van der Waals surface area contributed by atoms with Crippen LogP contribution >= 0.6 is 0 Å². The lowest BCUT2D eigenvalue weighted by atomic mass is 10.0. The maximum Gasteiger partial charge on any atom is 0.435 e. The lowest BCUT2D eigenvalue weighted by Gasteiger charge is -2.38. The smallest absolute Gasteiger partial charge is 0.349 e. The molecule has 0 bridgehead atoms. The van der Waals surface area contributed by atoms with Crippen molar-refractivity contribution >= 4 is 0 Å². The lowest BCUT2D eigenvalue weighted by molar-refractivity contribution is -0.457. The lowest BCUT2D eigenvalue weighted by Crippen LogP contribution is -2.68. The Hall–Kier alpha value is -0.710. The molecule has 0 aromatic heterocycles. The van der Waals surface area contributed by atoms with E-state index in [9.17, 15) is 39.5 Å². The van der Waals surface area contributed by atoms with Crippen molar-refractivity contribution in [1.29, 1.82) is 0 Å². The molecule has 1 aliphatic heterocycles. The molecule has 1 aliphatic rings. The van der Waals surface area contributed by atoms with E-state index in [1.54, 1.807) is 0 Å². The minimum atomic E-state index is -6.66. The second-order valence-electron chi connectivity index (χ2n) is 4.28. The molecule has 1 saturated heterocycles. The molecule has 1 rings (SSSR count). The molecule has 0 aromatic rings. The average molecular weight is 319 g/mol. The molecule has 0 aromatic carbocycles. The summed E-state index contributed by atoms with van der Waals surface area (Å²) in [4.78, 5) is 0. The zero-order valence-electron chi connectivity index (χ0n) is 9.72. The SMILES string of the molecule is FC(F)(F)C(OC[C@@H]1CCCN1)(C(F)(F)F)C(F)(F)F. The van der Waals surface area contributed by atoms with Gasteiger partial charge in [0.25, 0.3) is 0 Å². The van der Waals surface area contributed by atoms with Gasteiger partial charge < -0.3 is 10.1 Å². The number of nitrogens with one attached hydrogen (secondary N) is 1. The Morgan fingerprint density at radius 1 is 0.850 bits per heavy atom. The number of ether oxygens (including phenoxy) is 1. The van der Waals surface area contributed by atoms with Crippen molar-refractivity contribution in [1.82, 2.24) is 5.32 Å². The minimum Gasteiger partial charge on any atom is -0.349 e. The second-order valence-corrected chi connectivity index (χ2v) is 4.28. The summed E-state index contributed by atoms with van der Waals surface area (Å²) in [6, 6.07) is -0.971. The van der Waals surface area contributed by atoms with Crippen molar-refractivity contribution in [2.45, 2.75) is 43.0 Å². The van der Waals surface area contributed by atoms with Gasteiger partial charge in [-0.05, 0) is 19.4 Å². The van der Waals surface area contributed by atoms with Gasteiger partial charge in [0.05, 0.1) is 6.61 Å². The molecule has 1 fully saturated rings. The number of hydrogen-bond acceptors (Lipinski definition) is 2. The standard InChI is InChI=1S/C9H10F9NO/c10-7(11,12)6(8(13,14)15,9(16,17)18)20-4-5-2-1-3-19-5/h5,19H,1-4H2/t5-/m0/s1. The van der Waals surface area contributed by atoms with Crippen LogP contribution in [-0.2, 0) is 4.74 Å². The fraction of sp³-hybridized carbons (Fsp3) is 1.00. The summed E-state index contributed by atoms with van der Waals surface area (Å²) >= 11 is 0. The van der Waals surface area contributed by atoms with E-state index in [2.05, 4.69) is 10.1 Å². The highest BCUT2D eigenvalue weighted by Crippen LogP contribution is 2.54. The van der Waals surface area contributed by atoms with E-state index in [1.165, 1.54) is 0 Å². The van der Waals surface area contributed by atoms with Gasteiger partial charge in [-0.3, -0.25) is 0 Å². The van der Waals surface area contributed by atoms with Gasteiger partial charge in [0, 0.05) is 6.04 Å². The number of rotatable bonds is 3. The van der Waals surface area contributed by atoms with Gasteiger partial charge in [-0.25, -0.2) is 0 Å². The summed E-state index contributed by atoms with van der Waals surface area (Å²) in [7, 11) is 0. The van der Waals surface area contributed by atoms with Gasteiger partial charge in [0.2, 0.25) is 0 Å². The van der Waals surface area contributed by atoms with Gasteiger partial charge in [-0.1, -0.05) is 0 Å². The molecule has 2 nitrogen and oxygen atoms in total. The molecular formula is C9H10F9NO. The van der Waals surface area contributed by atoms with E-state index in [1.807, 2.05) is 0 Å². The average Bonchev–Trinajstić information content (AvgIpc) is 2.63. The molecular weight excluding hydrogens is 309 g/mol. The number of alkyl halides is 9. The van der Waals surface area contributed by atoms with Crippen molar-refractivity contribution in [2.75, 3.05) is 13.2 Å². The molecule has 0 radical (unpaired) electrons. The first kappa shape index (κ1) is 17.3. The molecule has 20 heavy (non-hydrogen) atoms. The van der Waals surface area contributed by atoms with Gasteiger partial charge in [-0.2, -0.15) is 39.5 Å². The quantitative estimate of drug-likeness (QED) is 0.807. The maximum absolute atomic E-state index is 12.5. The highest BCUT2D eigenvalue weighted by Gasteiger charge is 2.85. The van der Waals surface area contributed by atoms with Crippen LogP contribution < -0.4 is 5.32 Å². The van der Waals surface area contributed by atoms with E-state index in [0.717, 1.165) is 0 Å². The van der Waals surface area contributed by atoms with E-state index >= 15 is 0 Å². The molecule has 0 amide bonds. The molecule has 0 saturated carbocycles. The Balaban J connectivity index is 3.10. The molecule has 0 aliphatic carbocycles. The van der Waals surface area contributed by atoms with Crippen LogP contribution in [0.15, 0.2) is 0 Å². The molecule has 1 atom stereocenters. The van der Waals surface area contributed by atoms with Crippen LogP contribution in [0.2, 0.25) is 0 Å². The highest BCUT2D eigenvalue weighted by molar-refractivity contribution is 5.02. The third-order valence-corrected chi connectivity index (χ3v) is 2.86. The fourth-order valence-corrected chi connectivity index (χ4v) is 1.85. The Labute approximate surface area is 107 Å². The van der Waals surface area contributed by atoms with Crippen LogP contribution in [0.25, 0.3) is 0 Å². The zero-order chi connectivity index (χ0) is 15.8. The highest BCUT2D eigenvalue weighted by atomic mass is 19.4. The van der Waals surface area contributed by atoms with Crippen LogP contribution in [0, 0.1) is 0 Å². The van der Waals surface area contributed by atoms with Crippen molar-refractivity contribution in [3.05, 3.63) is 0 Å². The topological polar surface area (TPSA) is 21.3 Å². The molecule has 0 unspecified atom stereocenters. The van der Waals surface area contributed by atoms with E-state index in [4.69, 9.17) is 0 Å². The van der Waals surface area contributed by atoms with Crippen LogP contribution in [-0.4, -0.2) is 43.3 Å². The van der Waals surface area contributed by atoms with Crippen LogP contribution in [0.5, 0.6) is 0 Å². The summed E-state index contributed by atoms with van der Waals surface area (Å²) in [5, 5.41) is 2.46. The number of hydrogen-bond donors (Lipinski definition) is 1. The van der Waals surface area contributed by atoms with Gasteiger partial charge in [0.1, 0.15) is 0 Å². The van der Waals surface area contributed by atoms with Crippen LogP contribution in [0.4, 0.5) is 39.5 Å². The Bertz CT molecular complexity index is 290. The van der Waals surface area contributed by atoms with E-state index in [-0.39, 0.29) is 6.42 Å². The Kier molecular flexibility index (Phi) is 4.55. The fourth-order valence-electron chi connectivity index (χ4n) is 1.85. The Morgan fingerprint density at radius 2 is 1.30 bits per heavy atom. The first-order valence-corrected chi connectivity index (χ1v) is 5.40. The Morgan fingerprint density at radius 3 is 1.60 bits per heavy atom. The van der Waals surface area contributed by atoms with Gasteiger partial charge >= 0.3 is 24.1 Å². The largest absolute Gasteiger partial charge is 0.435 e. The minimum absolute atomic E-state index is 0.143. The molecule has 11 heteroatoms. The van der Waals surface area contributed by atoms with Gasteiger partial charge in [-0.15, -0.1) is 0 Å². The summed E-state index contributed by atoms with van der Waals surface area (Å²) in [5.41, 5.74) is -6.17. The second kappa shape index (κ2) is 5.24. The predicted octanol–water partition coefficient (Wildman–Crippen LogP) is 3.18. The van der Waals surface area contributed by atoms with E-state index < -0.39 is 36.8 Å². The van der Waals surface area contributed by atoms with Crippen molar-refractivity contribution in [2.24, 2.45) is 0 Å². The van der Waals surface area contributed by atoms with Gasteiger partial charge in [0.15, 0.2) is 0 Å². The predicted molar refractivity (Wildman–Crippen MR) is 47.9 cm³/mol. The third kappa shape index (κ3) is 2.97. The molecule has 0 spiro atoms. The van der Waals surface area contributed by atoms with Crippen LogP contribution in [0.3, 0.4) is 0 Å². The zero-order valence-corrected chi connectivity index (χ0v) is 9.72. The normalized spacial score (nSPS) is 22.4. The van der Waals surface area contributed by atoms with Crippen LogP contribution in [0.1, 0.15) is 12.8 Å². The monoisotopic (exact) mass is 319 g/mol. The first-order chi connectivity index (χ1) is 8.83. The maximum atomic E-state index is 12.5. The summed E-state index contributed by atoms with van der Waals surface area (Å²) in [6.07, 6.45) is -19.4. The van der Waals surface area contributed by atoms with E-state index in [0.29, 0.717) is 13.0 Å². The number of halogens is 9. The molecule has 120 valence electrons. The van der Waals surface area contributed by atoms with Crippen molar-refractivity contribution in [3.8, 4) is 0 Å². The third-order valence-electron chi connectivity index (χ3n) is 2.86. The summed E-state index contributed by atoms with van der Waals surface area (Å²) in [6.45, 7) is -1.04. The first-order valence-electron chi connectivity index (χ1n) is 5.40. The summed E-state index contributed by atoms with van der Waals surface area (Å²) < 4.78 is 115. The van der Waals surface area contributed by atoms with Crippen molar-refractivity contribution in [3.63, 3.8) is 0 Å².